The lowest BCUT2D eigenvalue weighted by Gasteiger charge is -2.05. The second-order valence-electron chi connectivity index (χ2n) is 4.11. The highest BCUT2D eigenvalue weighted by Crippen LogP contribution is 2.28. The van der Waals surface area contributed by atoms with Crippen LogP contribution < -0.4 is 4.72 Å². The molecule has 0 atom stereocenters. The van der Waals surface area contributed by atoms with Crippen LogP contribution in [0.1, 0.15) is 10.4 Å². The average molecular weight is 323 g/mol. The van der Waals surface area contributed by atoms with Crippen molar-refractivity contribution in [1.29, 1.82) is 0 Å². The van der Waals surface area contributed by atoms with Crippen molar-refractivity contribution in [3.05, 3.63) is 54.1 Å². The Labute approximate surface area is 127 Å². The lowest BCUT2D eigenvalue weighted by atomic mass is 10.2. The van der Waals surface area contributed by atoms with Gasteiger partial charge in [-0.3, -0.25) is 0 Å². The summed E-state index contributed by atoms with van der Waals surface area (Å²) in [6.45, 7) is 0. The van der Waals surface area contributed by atoms with Crippen molar-refractivity contribution < 1.29 is 18.3 Å². The second kappa shape index (κ2) is 6.30. The van der Waals surface area contributed by atoms with Crippen LogP contribution in [0, 0.1) is 0 Å². The van der Waals surface area contributed by atoms with Gasteiger partial charge in [0.25, 0.3) is 0 Å². The molecule has 0 bridgehead atoms. The molecule has 0 fully saturated rings. The highest BCUT2D eigenvalue weighted by atomic mass is 32.2. The van der Waals surface area contributed by atoms with Gasteiger partial charge in [-0.25, -0.2) is 17.9 Å². The third-order valence-electron chi connectivity index (χ3n) is 2.74. The topological polar surface area (TPSA) is 83.5 Å². The van der Waals surface area contributed by atoms with Gasteiger partial charge in [-0.15, -0.1) is 0 Å². The maximum absolute atomic E-state index is 11.6. The van der Waals surface area contributed by atoms with E-state index in [2.05, 4.69) is 4.72 Å². The standard InChI is InChI=1S/C14H13NO4S2/c1-15-21(18,19)13-8-6-12(7-9-13)20-11-4-2-10(3-5-11)14(16)17/h2-9,15H,1H3,(H,16,17). The van der Waals surface area contributed by atoms with Crippen LogP contribution in [0.25, 0.3) is 0 Å². The van der Waals surface area contributed by atoms with E-state index in [0.717, 1.165) is 9.79 Å². The van der Waals surface area contributed by atoms with E-state index in [1.807, 2.05) is 0 Å². The first kappa shape index (κ1) is 15.6. The molecule has 21 heavy (non-hydrogen) atoms. The smallest absolute Gasteiger partial charge is 0.335 e. The minimum atomic E-state index is -3.43. The summed E-state index contributed by atoms with van der Waals surface area (Å²) in [5.74, 6) is -0.965. The van der Waals surface area contributed by atoms with Crippen LogP contribution >= 0.6 is 11.8 Å². The molecule has 0 unspecified atom stereocenters. The zero-order valence-corrected chi connectivity index (χ0v) is 12.7. The van der Waals surface area contributed by atoms with E-state index in [0.29, 0.717) is 0 Å². The number of hydrogen-bond donors (Lipinski definition) is 2. The molecule has 0 saturated heterocycles. The van der Waals surface area contributed by atoms with Crippen molar-refractivity contribution in [2.45, 2.75) is 14.7 Å². The number of sulfonamides is 1. The second-order valence-corrected chi connectivity index (χ2v) is 7.14. The molecule has 0 amide bonds. The molecule has 5 nitrogen and oxygen atoms in total. The Bertz CT molecular complexity index is 738. The zero-order valence-electron chi connectivity index (χ0n) is 11.1. The van der Waals surface area contributed by atoms with E-state index in [-0.39, 0.29) is 10.5 Å². The number of hydrogen-bond acceptors (Lipinski definition) is 4. The summed E-state index contributed by atoms with van der Waals surface area (Å²) in [7, 11) is -2.06. The summed E-state index contributed by atoms with van der Waals surface area (Å²) < 4.78 is 25.5. The molecule has 0 saturated carbocycles. The minimum absolute atomic E-state index is 0.204. The van der Waals surface area contributed by atoms with E-state index in [4.69, 9.17) is 5.11 Å². The number of rotatable bonds is 5. The van der Waals surface area contributed by atoms with Gasteiger partial charge in [0.05, 0.1) is 10.5 Å². The number of carboxylic acids is 1. The van der Waals surface area contributed by atoms with E-state index in [1.165, 1.54) is 43.1 Å². The number of nitrogens with one attached hydrogen (secondary N) is 1. The summed E-state index contributed by atoms with van der Waals surface area (Å²) >= 11 is 1.43. The molecule has 2 aromatic carbocycles. The van der Waals surface area contributed by atoms with Gasteiger partial charge < -0.3 is 5.11 Å². The van der Waals surface area contributed by atoms with Crippen LogP contribution in [0.4, 0.5) is 0 Å². The van der Waals surface area contributed by atoms with E-state index < -0.39 is 16.0 Å². The molecule has 0 aliphatic rings. The summed E-state index contributed by atoms with van der Waals surface area (Å²) in [6, 6.07) is 13.0. The van der Waals surface area contributed by atoms with Crippen LogP contribution in [0.3, 0.4) is 0 Å². The van der Waals surface area contributed by atoms with Gasteiger partial charge in [0, 0.05) is 9.79 Å². The first-order valence-electron chi connectivity index (χ1n) is 5.97. The van der Waals surface area contributed by atoms with Crippen molar-refractivity contribution in [2.24, 2.45) is 0 Å². The average Bonchev–Trinajstić information content (AvgIpc) is 2.48. The monoisotopic (exact) mass is 323 g/mol. The Kier molecular flexibility index (Phi) is 4.66. The largest absolute Gasteiger partial charge is 0.478 e. The zero-order chi connectivity index (χ0) is 15.5. The van der Waals surface area contributed by atoms with Gasteiger partial charge in [0.2, 0.25) is 10.0 Å². The molecule has 2 aromatic rings. The fourth-order valence-corrected chi connectivity index (χ4v) is 3.15. The van der Waals surface area contributed by atoms with Crippen molar-refractivity contribution >= 4 is 27.8 Å². The van der Waals surface area contributed by atoms with Gasteiger partial charge >= 0.3 is 5.97 Å². The van der Waals surface area contributed by atoms with E-state index in [9.17, 15) is 13.2 Å². The van der Waals surface area contributed by atoms with Gasteiger partial charge in [-0.2, -0.15) is 0 Å². The minimum Gasteiger partial charge on any atom is -0.478 e. The Morgan fingerprint density at radius 3 is 1.90 bits per heavy atom. The molecular weight excluding hydrogens is 310 g/mol. The van der Waals surface area contributed by atoms with Crippen LogP contribution in [0.2, 0.25) is 0 Å². The number of benzene rings is 2. The molecule has 0 spiro atoms. The molecule has 7 heteroatoms. The van der Waals surface area contributed by atoms with Gasteiger partial charge in [-0.05, 0) is 55.6 Å². The molecular formula is C14H13NO4S2. The molecule has 2 rings (SSSR count). The van der Waals surface area contributed by atoms with Gasteiger partial charge in [0.15, 0.2) is 0 Å². The Hall–Kier alpha value is -1.83. The van der Waals surface area contributed by atoms with Crippen LogP contribution in [0.5, 0.6) is 0 Å². The number of carboxylic acid groups (broad SMARTS) is 1. The Balaban J connectivity index is 2.15. The lowest BCUT2D eigenvalue weighted by molar-refractivity contribution is 0.0697. The summed E-state index contributed by atoms with van der Waals surface area (Å²) in [6.07, 6.45) is 0. The van der Waals surface area contributed by atoms with Gasteiger partial charge in [0.1, 0.15) is 0 Å². The molecule has 0 heterocycles. The Morgan fingerprint density at radius 1 is 1.00 bits per heavy atom. The van der Waals surface area contributed by atoms with Gasteiger partial charge in [-0.1, -0.05) is 11.8 Å². The molecule has 0 aliphatic heterocycles. The first-order chi connectivity index (χ1) is 9.92. The van der Waals surface area contributed by atoms with Crippen molar-refractivity contribution in [3.8, 4) is 0 Å². The van der Waals surface area contributed by atoms with Crippen molar-refractivity contribution in [1.82, 2.24) is 4.72 Å². The number of aromatic carboxylic acids is 1. The summed E-state index contributed by atoms with van der Waals surface area (Å²) in [5.41, 5.74) is 0.231. The van der Waals surface area contributed by atoms with Crippen LogP contribution in [0.15, 0.2) is 63.2 Å². The molecule has 110 valence electrons. The third-order valence-corrected chi connectivity index (χ3v) is 5.19. The normalized spacial score (nSPS) is 11.3. The molecule has 2 N–H and O–H groups in total. The van der Waals surface area contributed by atoms with Crippen LogP contribution in [-0.2, 0) is 10.0 Å². The third kappa shape index (κ3) is 3.84. The fraction of sp³-hybridized carbons (Fsp3) is 0.0714. The predicted molar refractivity (Wildman–Crippen MR) is 80.2 cm³/mol. The fourth-order valence-electron chi connectivity index (χ4n) is 1.61. The number of carbonyl (C=O) groups is 1. The SMILES string of the molecule is CNS(=O)(=O)c1ccc(Sc2ccc(C(=O)O)cc2)cc1. The quantitative estimate of drug-likeness (QED) is 0.883. The molecule has 0 aromatic heterocycles. The van der Waals surface area contributed by atoms with Crippen LogP contribution in [-0.4, -0.2) is 26.5 Å². The van der Waals surface area contributed by atoms with Crippen molar-refractivity contribution in [2.75, 3.05) is 7.05 Å². The first-order valence-corrected chi connectivity index (χ1v) is 8.27. The highest BCUT2D eigenvalue weighted by Gasteiger charge is 2.10. The molecule has 0 radical (unpaired) electrons. The molecule has 0 aliphatic carbocycles. The maximum atomic E-state index is 11.6. The Morgan fingerprint density at radius 2 is 1.48 bits per heavy atom. The highest BCUT2D eigenvalue weighted by molar-refractivity contribution is 7.99. The summed E-state index contributed by atoms with van der Waals surface area (Å²) in [5, 5.41) is 8.83. The summed E-state index contributed by atoms with van der Waals surface area (Å²) in [4.78, 5) is 12.7. The van der Waals surface area contributed by atoms with Crippen molar-refractivity contribution in [3.63, 3.8) is 0 Å². The lowest BCUT2D eigenvalue weighted by Crippen LogP contribution is -2.18. The van der Waals surface area contributed by atoms with E-state index >= 15 is 0 Å². The maximum Gasteiger partial charge on any atom is 0.335 e. The predicted octanol–water partition coefficient (Wildman–Crippen LogP) is 2.44. The van der Waals surface area contributed by atoms with E-state index in [1.54, 1.807) is 24.3 Å².